The van der Waals surface area contributed by atoms with Crippen molar-refractivity contribution in [2.45, 2.75) is 19.9 Å². The maximum absolute atomic E-state index is 12.8. The normalized spacial score (nSPS) is 12.2. The lowest BCUT2D eigenvalue weighted by molar-refractivity contribution is 0.0910. The Bertz CT molecular complexity index is 1210. The minimum absolute atomic E-state index is 0.0582. The molecule has 0 aliphatic rings. The van der Waals surface area contributed by atoms with Crippen LogP contribution < -0.4 is 10.9 Å². The Kier molecular flexibility index (Phi) is 4.90. The molecule has 8 heteroatoms. The molecular weight excluding hydrogens is 372 g/mol. The SMILES string of the molecule is CC(C)C(NC(=O)c1cc2ccccc2oc1=O)c1nc(-c2ccncc2)no1. The molecule has 4 rings (SSSR count). The van der Waals surface area contributed by atoms with Crippen molar-refractivity contribution in [3.8, 4) is 11.4 Å². The van der Waals surface area contributed by atoms with Gasteiger partial charge in [0.05, 0.1) is 0 Å². The molecule has 0 aliphatic heterocycles. The van der Waals surface area contributed by atoms with E-state index in [0.717, 1.165) is 5.56 Å². The summed E-state index contributed by atoms with van der Waals surface area (Å²) in [5.74, 6) is 0.0295. The monoisotopic (exact) mass is 390 g/mol. The number of carbonyl (C=O) groups is 1. The van der Waals surface area contributed by atoms with Crippen LogP contribution in [0, 0.1) is 5.92 Å². The molecule has 4 aromatic rings. The smallest absolute Gasteiger partial charge is 0.349 e. The number of fused-ring (bicyclic) bond motifs is 1. The third-order valence-corrected chi connectivity index (χ3v) is 4.49. The van der Waals surface area contributed by atoms with Gasteiger partial charge in [0.2, 0.25) is 11.7 Å². The number of benzene rings is 1. The van der Waals surface area contributed by atoms with Gasteiger partial charge in [-0.3, -0.25) is 9.78 Å². The summed E-state index contributed by atoms with van der Waals surface area (Å²) in [5.41, 5.74) is 0.391. The quantitative estimate of drug-likeness (QED) is 0.520. The Hall–Kier alpha value is -3.81. The Labute approximate surface area is 165 Å². The average Bonchev–Trinajstić information content (AvgIpc) is 3.21. The van der Waals surface area contributed by atoms with Gasteiger partial charge in [-0.05, 0) is 30.2 Å². The third kappa shape index (κ3) is 3.77. The highest BCUT2D eigenvalue weighted by atomic mass is 16.5. The topological polar surface area (TPSA) is 111 Å². The number of nitrogens with zero attached hydrogens (tertiary/aromatic N) is 3. The molecule has 1 aromatic carbocycles. The van der Waals surface area contributed by atoms with Gasteiger partial charge in [-0.1, -0.05) is 37.2 Å². The first-order valence-corrected chi connectivity index (χ1v) is 9.10. The van der Waals surface area contributed by atoms with Crippen molar-refractivity contribution in [3.63, 3.8) is 0 Å². The summed E-state index contributed by atoms with van der Waals surface area (Å²) in [6, 6.07) is 11.5. The van der Waals surface area contributed by atoms with E-state index in [-0.39, 0.29) is 17.4 Å². The van der Waals surface area contributed by atoms with Crippen LogP contribution in [-0.2, 0) is 0 Å². The van der Waals surface area contributed by atoms with Crippen LogP contribution in [0.5, 0.6) is 0 Å². The van der Waals surface area contributed by atoms with Gasteiger partial charge in [0.15, 0.2) is 0 Å². The van der Waals surface area contributed by atoms with Crippen molar-refractivity contribution >= 4 is 16.9 Å². The number of rotatable bonds is 5. The number of aromatic nitrogens is 3. The first kappa shape index (κ1) is 18.5. The number of para-hydroxylation sites is 1. The summed E-state index contributed by atoms with van der Waals surface area (Å²) in [6.07, 6.45) is 3.26. The molecule has 0 saturated heterocycles. The number of carbonyl (C=O) groups excluding carboxylic acids is 1. The number of pyridine rings is 1. The Morgan fingerprint density at radius 2 is 1.86 bits per heavy atom. The van der Waals surface area contributed by atoms with Gasteiger partial charge in [-0.15, -0.1) is 0 Å². The van der Waals surface area contributed by atoms with Crippen molar-refractivity contribution in [3.05, 3.63) is 76.7 Å². The summed E-state index contributed by atoms with van der Waals surface area (Å²) in [6.45, 7) is 3.81. The fourth-order valence-electron chi connectivity index (χ4n) is 2.93. The molecule has 1 unspecified atom stereocenters. The lowest BCUT2D eigenvalue weighted by Crippen LogP contribution is -2.34. The van der Waals surface area contributed by atoms with Crippen LogP contribution >= 0.6 is 0 Å². The average molecular weight is 390 g/mol. The van der Waals surface area contributed by atoms with Crippen molar-refractivity contribution < 1.29 is 13.7 Å². The minimum atomic E-state index is -0.702. The third-order valence-electron chi connectivity index (χ3n) is 4.49. The highest BCUT2D eigenvalue weighted by molar-refractivity contribution is 5.96. The van der Waals surface area contributed by atoms with Crippen LogP contribution in [0.1, 0.15) is 36.1 Å². The second-order valence-corrected chi connectivity index (χ2v) is 6.87. The largest absolute Gasteiger partial charge is 0.422 e. The molecule has 0 aliphatic carbocycles. The van der Waals surface area contributed by atoms with Gasteiger partial charge in [0.25, 0.3) is 5.91 Å². The van der Waals surface area contributed by atoms with E-state index in [9.17, 15) is 9.59 Å². The summed E-state index contributed by atoms with van der Waals surface area (Å²) in [5, 5.41) is 7.46. The summed E-state index contributed by atoms with van der Waals surface area (Å²) in [4.78, 5) is 33.4. The zero-order chi connectivity index (χ0) is 20.4. The molecule has 8 nitrogen and oxygen atoms in total. The Morgan fingerprint density at radius 1 is 1.10 bits per heavy atom. The zero-order valence-corrected chi connectivity index (χ0v) is 15.8. The van der Waals surface area contributed by atoms with Crippen molar-refractivity contribution in [1.82, 2.24) is 20.4 Å². The molecule has 0 bridgehead atoms. The van der Waals surface area contributed by atoms with Crippen LogP contribution in [-0.4, -0.2) is 21.0 Å². The molecule has 0 radical (unpaired) electrons. The predicted octanol–water partition coefficient (Wildman–Crippen LogP) is 3.37. The molecular formula is C21H18N4O4. The number of nitrogens with one attached hydrogen (secondary N) is 1. The van der Waals surface area contributed by atoms with Crippen LogP contribution in [0.4, 0.5) is 0 Å². The van der Waals surface area contributed by atoms with E-state index in [0.29, 0.717) is 16.8 Å². The van der Waals surface area contributed by atoms with Crippen LogP contribution in [0.15, 0.2) is 68.6 Å². The van der Waals surface area contributed by atoms with Gasteiger partial charge in [0.1, 0.15) is 17.2 Å². The Morgan fingerprint density at radius 3 is 2.62 bits per heavy atom. The van der Waals surface area contributed by atoms with Crippen LogP contribution in [0.25, 0.3) is 22.4 Å². The standard InChI is InChI=1S/C21H18N4O4/c1-12(2)17(20-24-18(25-29-20)13-7-9-22-10-8-13)23-19(26)15-11-14-5-3-4-6-16(14)28-21(15)27/h3-12,17H,1-2H3,(H,23,26). The van der Waals surface area contributed by atoms with E-state index >= 15 is 0 Å². The van der Waals surface area contributed by atoms with E-state index < -0.39 is 17.6 Å². The van der Waals surface area contributed by atoms with Gasteiger partial charge in [-0.25, -0.2) is 4.79 Å². The van der Waals surface area contributed by atoms with E-state index in [2.05, 4.69) is 20.4 Å². The molecule has 3 heterocycles. The van der Waals surface area contributed by atoms with Crippen molar-refractivity contribution in [2.75, 3.05) is 0 Å². The van der Waals surface area contributed by atoms with E-state index in [4.69, 9.17) is 8.94 Å². The lowest BCUT2D eigenvalue weighted by atomic mass is 10.0. The molecule has 1 N–H and O–H groups in total. The maximum Gasteiger partial charge on any atom is 0.349 e. The zero-order valence-electron chi connectivity index (χ0n) is 15.8. The molecule has 1 atom stereocenters. The highest BCUT2D eigenvalue weighted by Crippen LogP contribution is 2.24. The van der Waals surface area contributed by atoms with Gasteiger partial charge in [-0.2, -0.15) is 4.98 Å². The molecule has 0 spiro atoms. The highest BCUT2D eigenvalue weighted by Gasteiger charge is 2.26. The molecule has 146 valence electrons. The minimum Gasteiger partial charge on any atom is -0.422 e. The number of amides is 1. The molecule has 3 aromatic heterocycles. The van der Waals surface area contributed by atoms with Crippen LogP contribution in [0.2, 0.25) is 0 Å². The van der Waals surface area contributed by atoms with Crippen LogP contribution in [0.3, 0.4) is 0 Å². The lowest BCUT2D eigenvalue weighted by Gasteiger charge is -2.18. The first-order valence-electron chi connectivity index (χ1n) is 9.10. The molecule has 0 fully saturated rings. The van der Waals surface area contributed by atoms with E-state index in [1.807, 2.05) is 13.8 Å². The van der Waals surface area contributed by atoms with E-state index in [1.165, 1.54) is 6.07 Å². The number of hydrogen-bond acceptors (Lipinski definition) is 7. The fraction of sp³-hybridized carbons (Fsp3) is 0.190. The van der Waals surface area contributed by atoms with Crippen molar-refractivity contribution in [1.29, 1.82) is 0 Å². The second-order valence-electron chi connectivity index (χ2n) is 6.87. The fourth-order valence-corrected chi connectivity index (χ4v) is 2.93. The summed E-state index contributed by atoms with van der Waals surface area (Å²) >= 11 is 0. The van der Waals surface area contributed by atoms with Gasteiger partial charge >= 0.3 is 5.63 Å². The first-order chi connectivity index (χ1) is 14.0. The van der Waals surface area contributed by atoms with Gasteiger partial charge in [0, 0.05) is 23.3 Å². The van der Waals surface area contributed by atoms with E-state index in [1.54, 1.807) is 48.8 Å². The number of hydrogen-bond donors (Lipinski definition) is 1. The molecule has 0 saturated carbocycles. The molecule has 29 heavy (non-hydrogen) atoms. The maximum atomic E-state index is 12.8. The van der Waals surface area contributed by atoms with Crippen molar-refractivity contribution in [2.24, 2.45) is 5.92 Å². The van der Waals surface area contributed by atoms with Gasteiger partial charge < -0.3 is 14.3 Å². The predicted molar refractivity (Wildman–Crippen MR) is 105 cm³/mol. The summed E-state index contributed by atoms with van der Waals surface area (Å²) in [7, 11) is 0. The molecule has 1 amide bonds. The summed E-state index contributed by atoms with van der Waals surface area (Å²) < 4.78 is 10.6. The Balaban J connectivity index is 1.62. The second kappa shape index (κ2) is 7.67.